The summed E-state index contributed by atoms with van der Waals surface area (Å²) in [5.41, 5.74) is 1.65. The Kier molecular flexibility index (Phi) is 5.44. The molecule has 162 valence electrons. The van der Waals surface area contributed by atoms with Crippen LogP contribution in [-0.4, -0.2) is 64.2 Å². The van der Waals surface area contributed by atoms with Gasteiger partial charge in [0.15, 0.2) is 12.4 Å². The summed E-state index contributed by atoms with van der Waals surface area (Å²) in [6.07, 6.45) is 0.234. The van der Waals surface area contributed by atoms with Crippen LogP contribution in [0.4, 0.5) is 0 Å². The lowest BCUT2D eigenvalue weighted by atomic mass is 9.76. The van der Waals surface area contributed by atoms with Crippen LogP contribution in [0.5, 0.6) is 5.75 Å². The van der Waals surface area contributed by atoms with Crippen LogP contribution < -0.4 is 4.74 Å². The molecule has 1 aromatic carbocycles. The Balaban J connectivity index is 1.75. The van der Waals surface area contributed by atoms with Crippen molar-refractivity contribution >= 4 is 11.5 Å². The molecule has 4 rings (SSSR count). The highest BCUT2D eigenvalue weighted by molar-refractivity contribution is 6.18. The van der Waals surface area contributed by atoms with Crippen LogP contribution in [0.25, 0.3) is 0 Å². The summed E-state index contributed by atoms with van der Waals surface area (Å²) in [6.45, 7) is 5.14. The van der Waals surface area contributed by atoms with Crippen molar-refractivity contribution in [2.45, 2.75) is 32.0 Å². The molecular formula is C22H27NO7. The molecule has 0 saturated carbocycles. The van der Waals surface area contributed by atoms with Crippen molar-refractivity contribution in [2.75, 3.05) is 34.5 Å². The maximum absolute atomic E-state index is 13.5. The van der Waals surface area contributed by atoms with Crippen LogP contribution in [0.3, 0.4) is 0 Å². The number of hydrogen-bond donors (Lipinski definition) is 0. The minimum absolute atomic E-state index is 0.101. The van der Waals surface area contributed by atoms with E-state index in [1.807, 2.05) is 24.3 Å². The summed E-state index contributed by atoms with van der Waals surface area (Å²) in [7, 11) is 4.43. The molecule has 8 nitrogen and oxygen atoms in total. The molecule has 8 heteroatoms. The monoisotopic (exact) mass is 417 g/mol. The smallest absolute Gasteiger partial charge is 0.250 e. The van der Waals surface area contributed by atoms with E-state index >= 15 is 0 Å². The van der Waals surface area contributed by atoms with Gasteiger partial charge in [0, 0.05) is 30.8 Å². The van der Waals surface area contributed by atoms with Gasteiger partial charge < -0.3 is 28.5 Å². The molecule has 30 heavy (non-hydrogen) atoms. The highest BCUT2D eigenvalue weighted by Crippen LogP contribution is 2.43. The van der Waals surface area contributed by atoms with Gasteiger partial charge in [-0.3, -0.25) is 4.79 Å². The quantitative estimate of drug-likeness (QED) is 0.537. The van der Waals surface area contributed by atoms with Crippen LogP contribution in [0, 0.1) is 11.3 Å². The third kappa shape index (κ3) is 3.33. The topological polar surface area (TPSA) is 84.8 Å². The molecule has 0 N–H and O–H groups in total. The number of Topliss-reactive ketones (excluding diaryl/α,β-unsaturated/α-hetero) is 1. The van der Waals surface area contributed by atoms with Crippen LogP contribution in [-0.2, 0) is 28.6 Å². The zero-order valence-corrected chi connectivity index (χ0v) is 17.8. The molecule has 0 radical (unpaired) electrons. The molecule has 1 fully saturated rings. The largest absolute Gasteiger partial charge is 0.496 e. The average Bonchev–Trinajstić information content (AvgIpc) is 3.20. The highest BCUT2D eigenvalue weighted by atomic mass is 16.7. The minimum Gasteiger partial charge on any atom is -0.496 e. The molecule has 2 heterocycles. The fraction of sp³-hybridized carbons (Fsp3) is 0.545. The first-order chi connectivity index (χ1) is 14.4. The second-order valence-corrected chi connectivity index (χ2v) is 8.38. The van der Waals surface area contributed by atoms with Crippen LogP contribution >= 0.6 is 0 Å². The Hall–Kier alpha value is -2.26. The number of hydrogen-bond acceptors (Lipinski definition) is 8. The van der Waals surface area contributed by atoms with Crippen molar-refractivity contribution in [3.05, 3.63) is 41.5 Å². The standard InChI is InChI=1S/C22H27NO7/c1-21(2)11-28-20(29-12-21)14-10-22(26-4,27-5)19(24)16-17(23-30-18(14)16)13-8-6-7-9-15(13)25-3/h6-10,16,18,20H,11-12H2,1-5H3. The number of fused-ring (bicyclic) bond motifs is 1. The van der Waals surface area contributed by atoms with Gasteiger partial charge in [0.05, 0.1) is 20.3 Å². The van der Waals surface area contributed by atoms with E-state index in [1.54, 1.807) is 13.2 Å². The van der Waals surface area contributed by atoms with E-state index in [1.165, 1.54) is 14.2 Å². The number of ketones is 1. The third-order valence-corrected chi connectivity index (χ3v) is 5.69. The van der Waals surface area contributed by atoms with Gasteiger partial charge in [0.1, 0.15) is 17.4 Å². The van der Waals surface area contributed by atoms with Gasteiger partial charge in [-0.05, 0) is 18.2 Å². The summed E-state index contributed by atoms with van der Waals surface area (Å²) in [5, 5.41) is 4.27. The van der Waals surface area contributed by atoms with Gasteiger partial charge in [0.25, 0.3) is 0 Å². The number of nitrogens with zero attached hydrogens (tertiary/aromatic N) is 1. The highest BCUT2D eigenvalue weighted by Gasteiger charge is 2.57. The number of benzene rings is 1. The van der Waals surface area contributed by atoms with E-state index in [-0.39, 0.29) is 11.2 Å². The van der Waals surface area contributed by atoms with Crippen molar-refractivity contribution in [3.8, 4) is 5.75 Å². The first kappa shape index (κ1) is 21.0. The second kappa shape index (κ2) is 7.77. The number of para-hydroxylation sites is 1. The first-order valence-corrected chi connectivity index (χ1v) is 9.83. The Morgan fingerprint density at radius 2 is 1.73 bits per heavy atom. The summed E-state index contributed by atoms with van der Waals surface area (Å²) in [6, 6.07) is 7.36. The van der Waals surface area contributed by atoms with Crippen LogP contribution in [0.15, 0.2) is 41.1 Å². The van der Waals surface area contributed by atoms with Crippen molar-refractivity contribution in [2.24, 2.45) is 16.5 Å². The van der Waals surface area contributed by atoms with Gasteiger partial charge in [-0.1, -0.05) is 31.1 Å². The van der Waals surface area contributed by atoms with Gasteiger partial charge in [-0.25, -0.2) is 0 Å². The summed E-state index contributed by atoms with van der Waals surface area (Å²) < 4.78 is 28.5. The normalized spacial score (nSPS) is 27.7. The van der Waals surface area contributed by atoms with Gasteiger partial charge in [-0.15, -0.1) is 0 Å². The molecule has 2 unspecified atom stereocenters. The molecular weight excluding hydrogens is 390 g/mol. The van der Waals surface area contributed by atoms with Crippen molar-refractivity contribution in [3.63, 3.8) is 0 Å². The van der Waals surface area contributed by atoms with Crippen LogP contribution in [0.2, 0.25) is 0 Å². The maximum Gasteiger partial charge on any atom is 0.250 e. The molecule has 2 aliphatic heterocycles. The summed E-state index contributed by atoms with van der Waals surface area (Å²) in [5.74, 6) is -2.06. The van der Waals surface area contributed by atoms with Gasteiger partial charge in [-0.2, -0.15) is 0 Å². The third-order valence-electron chi connectivity index (χ3n) is 5.69. The maximum atomic E-state index is 13.5. The lowest BCUT2D eigenvalue weighted by molar-refractivity contribution is -0.218. The fourth-order valence-electron chi connectivity index (χ4n) is 4.04. The fourth-order valence-corrected chi connectivity index (χ4v) is 4.04. The zero-order chi connectivity index (χ0) is 21.5. The molecule has 0 amide bonds. The Morgan fingerprint density at radius 3 is 2.37 bits per heavy atom. The zero-order valence-electron chi connectivity index (χ0n) is 17.8. The lowest BCUT2D eigenvalue weighted by Gasteiger charge is -2.41. The summed E-state index contributed by atoms with van der Waals surface area (Å²) in [4.78, 5) is 19.3. The van der Waals surface area contributed by atoms with Crippen molar-refractivity contribution in [1.82, 2.24) is 0 Å². The second-order valence-electron chi connectivity index (χ2n) is 8.38. The van der Waals surface area contributed by atoms with E-state index < -0.39 is 24.1 Å². The number of carbonyl (C=O) groups is 1. The SMILES string of the molecule is COc1ccccc1C1=NOC2C(C3OCC(C)(C)CO3)=CC(OC)(OC)C(=O)C12. The minimum atomic E-state index is -1.59. The summed E-state index contributed by atoms with van der Waals surface area (Å²) >= 11 is 0. The Labute approximate surface area is 175 Å². The molecule has 2 atom stereocenters. The Morgan fingerprint density at radius 1 is 1.07 bits per heavy atom. The van der Waals surface area contributed by atoms with Gasteiger partial charge in [0.2, 0.25) is 11.6 Å². The molecule has 0 bridgehead atoms. The van der Waals surface area contributed by atoms with Crippen molar-refractivity contribution in [1.29, 1.82) is 0 Å². The number of ether oxygens (including phenoxy) is 5. The van der Waals surface area contributed by atoms with E-state index in [2.05, 4.69) is 19.0 Å². The van der Waals surface area contributed by atoms with Crippen molar-refractivity contribution < 1.29 is 33.3 Å². The van der Waals surface area contributed by atoms with Gasteiger partial charge >= 0.3 is 0 Å². The average molecular weight is 417 g/mol. The predicted octanol–water partition coefficient (Wildman–Crippen LogP) is 2.31. The Bertz CT molecular complexity index is 877. The first-order valence-electron chi connectivity index (χ1n) is 9.83. The van der Waals surface area contributed by atoms with Crippen LogP contribution in [0.1, 0.15) is 19.4 Å². The molecule has 3 aliphatic rings. The predicted molar refractivity (Wildman–Crippen MR) is 107 cm³/mol. The van der Waals surface area contributed by atoms with E-state index in [4.69, 9.17) is 28.5 Å². The van der Waals surface area contributed by atoms with E-state index in [0.717, 1.165) is 0 Å². The van der Waals surface area contributed by atoms with E-state index in [0.29, 0.717) is 35.8 Å². The molecule has 0 spiro atoms. The lowest BCUT2D eigenvalue weighted by Crippen LogP contribution is -2.55. The molecule has 1 aromatic rings. The molecule has 0 aromatic heterocycles. The van der Waals surface area contributed by atoms with E-state index in [9.17, 15) is 4.79 Å². The number of methoxy groups -OCH3 is 3. The molecule has 1 saturated heterocycles. The number of carbonyl (C=O) groups excluding carboxylic acids is 1. The number of rotatable bonds is 5. The molecule has 1 aliphatic carbocycles. The number of oxime groups is 1.